The molecular weight excluding hydrogens is 695 g/mol. The lowest BCUT2D eigenvalue weighted by Crippen LogP contribution is -2.42. The molecule has 4 N–H and O–H groups in total. The number of nitrogens with one attached hydrogen (secondary N) is 1. The zero-order valence-corrected chi connectivity index (χ0v) is 31.5. The van der Waals surface area contributed by atoms with Crippen LogP contribution in [0.3, 0.4) is 0 Å². The number of aromatic nitrogens is 1. The van der Waals surface area contributed by atoms with Gasteiger partial charge in [-0.1, -0.05) is 42.2 Å². The standard InChI is InChI=1S/C46H49NO8/c1-53-42-19-26(12-18-40(42)50)11-16-31-22-30(49)23-37-36-25-43(54-2)41(51)24-35(36)38(21-28-14-13-27-20-29(48)15-17-32(27)45(28)37)46-34(8-4-6-10-44(52)55-31)33-7-3-5-9-39(33)47-46/h3,5,7,9,12,18-19,21,24-25,27-29,31-32,37,45,47-48,50-51H,8,10-11,13-17,20,22-23H2,1-2H3. The number of carbonyl (C=O) groups excluding carboxylic acids is 2. The molecule has 8 rings (SSSR count). The van der Waals surface area contributed by atoms with E-state index < -0.39 is 12.1 Å². The smallest absolute Gasteiger partial charge is 0.318 e. The predicted molar refractivity (Wildman–Crippen MR) is 209 cm³/mol. The Balaban J connectivity index is 1.27. The number of aromatic hydroxyl groups is 2. The number of phenols is 2. The Bertz CT molecular complexity index is 2210. The van der Waals surface area contributed by atoms with E-state index in [2.05, 4.69) is 35.0 Å². The van der Waals surface area contributed by atoms with Gasteiger partial charge in [-0.05, 0) is 127 Å². The molecule has 286 valence electrons. The number of aliphatic hydroxyl groups is 1. The molecule has 2 saturated carbocycles. The minimum absolute atomic E-state index is 0.00581. The number of hydrogen-bond donors (Lipinski definition) is 4. The second-order valence-electron chi connectivity index (χ2n) is 15.8. The van der Waals surface area contributed by atoms with Crippen LogP contribution in [0.25, 0.3) is 16.5 Å². The number of benzene rings is 3. The number of carbonyl (C=O) groups is 2. The Morgan fingerprint density at radius 1 is 0.891 bits per heavy atom. The Morgan fingerprint density at radius 3 is 2.53 bits per heavy atom. The van der Waals surface area contributed by atoms with E-state index in [-0.39, 0.29) is 60.4 Å². The van der Waals surface area contributed by atoms with Gasteiger partial charge < -0.3 is 34.5 Å². The molecule has 4 aromatic rings. The number of methoxy groups -OCH3 is 2. The molecule has 3 aromatic carbocycles. The normalized spacial score (nSPS) is 26.6. The summed E-state index contributed by atoms with van der Waals surface area (Å²) < 4.78 is 17.1. The summed E-state index contributed by atoms with van der Waals surface area (Å²) in [5.74, 6) is 7.31. The lowest BCUT2D eigenvalue weighted by molar-refractivity contribution is -0.149. The van der Waals surface area contributed by atoms with Gasteiger partial charge in [-0.2, -0.15) is 0 Å². The predicted octanol–water partition coefficient (Wildman–Crippen LogP) is 7.77. The molecule has 0 saturated heterocycles. The first-order chi connectivity index (χ1) is 26.7. The second kappa shape index (κ2) is 15.5. The van der Waals surface area contributed by atoms with Crippen LogP contribution >= 0.6 is 0 Å². The number of fused-ring (bicyclic) bond motifs is 8. The number of ether oxygens (including phenoxy) is 3. The van der Waals surface area contributed by atoms with Crippen molar-refractivity contribution in [3.63, 3.8) is 0 Å². The van der Waals surface area contributed by atoms with Crippen molar-refractivity contribution in [1.82, 2.24) is 4.98 Å². The minimum atomic E-state index is -0.678. The first kappa shape index (κ1) is 36.8. The van der Waals surface area contributed by atoms with Crippen LogP contribution in [0.5, 0.6) is 23.0 Å². The summed E-state index contributed by atoms with van der Waals surface area (Å²) in [6.45, 7) is 0. The maximum Gasteiger partial charge on any atom is 0.318 e. The number of aliphatic hydroxyl groups excluding tert-OH is 1. The number of ketones is 1. The van der Waals surface area contributed by atoms with Crippen molar-refractivity contribution in [3.05, 3.63) is 88.6 Å². The first-order valence-corrected chi connectivity index (χ1v) is 19.6. The van der Waals surface area contributed by atoms with Gasteiger partial charge in [0.25, 0.3) is 0 Å². The molecule has 9 heteroatoms. The van der Waals surface area contributed by atoms with Crippen LogP contribution in [0.2, 0.25) is 0 Å². The zero-order chi connectivity index (χ0) is 38.2. The molecule has 4 aliphatic rings. The number of esters is 1. The molecule has 1 aromatic heterocycles. The largest absolute Gasteiger partial charge is 0.504 e. The molecule has 0 spiro atoms. The topological polar surface area (TPSA) is 138 Å². The number of H-pyrrole nitrogens is 1. The summed E-state index contributed by atoms with van der Waals surface area (Å²) in [7, 11) is 3.05. The van der Waals surface area contributed by atoms with Crippen molar-refractivity contribution in [2.24, 2.45) is 23.7 Å². The van der Waals surface area contributed by atoms with E-state index in [1.54, 1.807) is 31.4 Å². The Morgan fingerprint density at radius 2 is 1.69 bits per heavy atom. The Kier molecular flexibility index (Phi) is 10.4. The molecule has 2 bridgehead atoms. The summed E-state index contributed by atoms with van der Waals surface area (Å²) in [6, 6.07) is 17.0. The Labute approximate surface area is 321 Å². The average molecular weight is 744 g/mol. The van der Waals surface area contributed by atoms with Gasteiger partial charge in [0.1, 0.15) is 18.3 Å². The maximum absolute atomic E-state index is 14.6. The molecule has 0 radical (unpaired) electrons. The third kappa shape index (κ3) is 7.32. The lowest BCUT2D eigenvalue weighted by atomic mass is 9.56. The van der Waals surface area contributed by atoms with Gasteiger partial charge >= 0.3 is 5.97 Å². The summed E-state index contributed by atoms with van der Waals surface area (Å²) in [5, 5.41) is 33.3. The van der Waals surface area contributed by atoms with Crippen LogP contribution in [-0.2, 0) is 27.2 Å². The molecule has 2 heterocycles. The van der Waals surface area contributed by atoms with Gasteiger partial charge in [0, 0.05) is 35.7 Å². The molecule has 1 aliphatic heterocycles. The number of cyclic esters (lactones) is 1. The molecular formula is C46H49NO8. The summed E-state index contributed by atoms with van der Waals surface area (Å²) in [6.07, 6.45) is 7.19. The number of para-hydroxylation sites is 1. The van der Waals surface area contributed by atoms with Crippen LogP contribution in [-0.4, -0.2) is 58.5 Å². The molecule has 2 fully saturated rings. The third-order valence-corrected chi connectivity index (χ3v) is 12.7. The maximum atomic E-state index is 14.6. The van der Waals surface area contributed by atoms with Crippen molar-refractivity contribution in [1.29, 1.82) is 0 Å². The molecule has 55 heavy (non-hydrogen) atoms. The number of rotatable bonds is 5. The van der Waals surface area contributed by atoms with Gasteiger partial charge in [0.05, 0.1) is 26.0 Å². The van der Waals surface area contributed by atoms with E-state index in [9.17, 15) is 24.9 Å². The minimum Gasteiger partial charge on any atom is -0.504 e. The van der Waals surface area contributed by atoms with Crippen molar-refractivity contribution in [2.75, 3.05) is 14.2 Å². The van der Waals surface area contributed by atoms with Crippen LogP contribution in [0.4, 0.5) is 0 Å². The van der Waals surface area contributed by atoms with Crippen LogP contribution in [0.1, 0.15) is 91.7 Å². The highest BCUT2D eigenvalue weighted by Gasteiger charge is 2.48. The third-order valence-electron chi connectivity index (χ3n) is 12.7. The summed E-state index contributed by atoms with van der Waals surface area (Å²) >= 11 is 0. The molecule has 0 amide bonds. The number of phenolic OH excluding ortho intramolecular Hbond substituents is 2. The number of aromatic amines is 1. The van der Waals surface area contributed by atoms with Crippen LogP contribution in [0.15, 0.2) is 60.7 Å². The fourth-order valence-electron chi connectivity index (χ4n) is 10.2. The zero-order valence-electron chi connectivity index (χ0n) is 31.5. The van der Waals surface area contributed by atoms with E-state index in [4.69, 9.17) is 14.2 Å². The number of aryl methyl sites for hydroxylation is 1. The van der Waals surface area contributed by atoms with E-state index in [0.717, 1.165) is 76.5 Å². The van der Waals surface area contributed by atoms with Gasteiger partial charge in [-0.25, -0.2) is 0 Å². The van der Waals surface area contributed by atoms with Gasteiger partial charge in [-0.3, -0.25) is 9.59 Å². The van der Waals surface area contributed by atoms with Crippen molar-refractivity contribution >= 4 is 28.2 Å². The van der Waals surface area contributed by atoms with E-state index >= 15 is 0 Å². The number of Topliss-reactive ketones (excluding diaryl/α,β-unsaturated/α-hetero) is 1. The molecule has 3 aliphatic carbocycles. The molecule has 7 unspecified atom stereocenters. The van der Waals surface area contributed by atoms with E-state index in [1.165, 1.54) is 7.11 Å². The molecule has 9 nitrogen and oxygen atoms in total. The molecule has 7 atom stereocenters. The summed E-state index contributed by atoms with van der Waals surface area (Å²) in [4.78, 5) is 31.6. The van der Waals surface area contributed by atoms with Crippen molar-refractivity contribution < 1.29 is 39.1 Å². The second-order valence-corrected chi connectivity index (χ2v) is 15.8. The van der Waals surface area contributed by atoms with Crippen LogP contribution < -0.4 is 9.47 Å². The fourth-order valence-corrected chi connectivity index (χ4v) is 10.2. The average Bonchev–Trinajstić information content (AvgIpc) is 3.48. The monoisotopic (exact) mass is 743 g/mol. The van der Waals surface area contributed by atoms with Gasteiger partial charge in [0.15, 0.2) is 23.0 Å². The van der Waals surface area contributed by atoms with Crippen LogP contribution in [0, 0.1) is 35.5 Å². The van der Waals surface area contributed by atoms with Crippen molar-refractivity contribution in [2.45, 2.75) is 88.8 Å². The number of hydrogen-bond acceptors (Lipinski definition) is 8. The summed E-state index contributed by atoms with van der Waals surface area (Å²) in [5.41, 5.74) is 6.61. The highest BCUT2D eigenvalue weighted by molar-refractivity contribution is 5.94. The van der Waals surface area contributed by atoms with Gasteiger partial charge in [0.2, 0.25) is 0 Å². The van der Waals surface area contributed by atoms with Gasteiger partial charge in [-0.15, -0.1) is 0 Å². The SMILES string of the molecule is COc1cc(CCC2CC(=O)CC3c4cc(OC)c(O)cc4C(=CC4CCC5CC(O)CCC5C43)c3[nH]c4ccccc4c3CC#CCC(=O)O2)ccc1O. The Hall–Kier alpha value is -5.20. The highest BCUT2D eigenvalue weighted by Crippen LogP contribution is 2.57. The lowest BCUT2D eigenvalue weighted by Gasteiger charge is -2.49. The fraction of sp³-hybridized carbons (Fsp3) is 0.435. The highest BCUT2D eigenvalue weighted by atomic mass is 16.5. The first-order valence-electron chi connectivity index (χ1n) is 19.6. The number of allylic oxidation sites excluding steroid dienone is 1. The quantitative estimate of drug-likeness (QED) is 0.120. The van der Waals surface area contributed by atoms with E-state index in [1.807, 2.05) is 18.2 Å². The van der Waals surface area contributed by atoms with Crippen molar-refractivity contribution in [3.8, 4) is 34.8 Å². The van der Waals surface area contributed by atoms with E-state index in [0.29, 0.717) is 42.6 Å².